The van der Waals surface area contributed by atoms with Gasteiger partial charge in [-0.3, -0.25) is 4.99 Å². The van der Waals surface area contributed by atoms with E-state index in [1.165, 1.54) is 19.3 Å². The van der Waals surface area contributed by atoms with Gasteiger partial charge in [-0.25, -0.2) is 0 Å². The lowest BCUT2D eigenvalue weighted by Gasteiger charge is -2.41. The van der Waals surface area contributed by atoms with Crippen molar-refractivity contribution in [1.82, 2.24) is 10.6 Å². The smallest absolute Gasteiger partial charge is 0.356 e. The summed E-state index contributed by atoms with van der Waals surface area (Å²) in [5, 5.41) is 5.81. The average Bonchev–Trinajstić information content (AvgIpc) is 2.24. The lowest BCUT2D eigenvalue weighted by atomic mass is 9.67. The van der Waals surface area contributed by atoms with E-state index in [1.807, 2.05) is 0 Å². The molecule has 0 heterocycles. The maximum absolute atomic E-state index is 12.0. The monoisotopic (exact) mass is 393 g/mol. The molecule has 1 aliphatic rings. The number of hydrogen-bond acceptors (Lipinski definition) is 1. The normalized spacial score (nSPS) is 18.3. The summed E-state index contributed by atoms with van der Waals surface area (Å²) in [4.78, 5) is 3.93. The molecule has 0 atom stereocenters. The summed E-state index contributed by atoms with van der Waals surface area (Å²) < 4.78 is 36.0. The van der Waals surface area contributed by atoms with Crippen LogP contribution >= 0.6 is 24.0 Å². The highest BCUT2D eigenvalue weighted by Gasteiger charge is 2.35. The maximum atomic E-state index is 12.0. The molecule has 1 rings (SSSR count). The summed E-state index contributed by atoms with van der Waals surface area (Å²) in [6, 6.07) is 0. The molecule has 0 spiro atoms. The molecule has 0 radical (unpaired) electrons. The van der Waals surface area contributed by atoms with E-state index in [-0.39, 0.29) is 30.5 Å². The Labute approximate surface area is 129 Å². The van der Waals surface area contributed by atoms with Crippen LogP contribution in [0.15, 0.2) is 4.99 Å². The van der Waals surface area contributed by atoms with Gasteiger partial charge in [-0.15, -0.1) is 24.0 Å². The Hall–Kier alpha value is -0.210. The van der Waals surface area contributed by atoms with E-state index in [0.717, 1.165) is 13.0 Å². The number of alkyl halides is 3. The van der Waals surface area contributed by atoms with Crippen molar-refractivity contribution < 1.29 is 13.2 Å². The van der Waals surface area contributed by atoms with Crippen molar-refractivity contribution in [3.05, 3.63) is 0 Å². The molecule has 19 heavy (non-hydrogen) atoms. The van der Waals surface area contributed by atoms with Gasteiger partial charge < -0.3 is 10.6 Å². The quantitative estimate of drug-likeness (QED) is 0.427. The van der Waals surface area contributed by atoms with Gasteiger partial charge in [0, 0.05) is 20.1 Å². The third kappa shape index (κ3) is 6.67. The minimum absolute atomic E-state index is 0. The van der Waals surface area contributed by atoms with Crippen LogP contribution in [0.1, 0.15) is 39.0 Å². The summed E-state index contributed by atoms with van der Waals surface area (Å²) in [6.45, 7) is 2.80. The predicted octanol–water partition coefficient (Wildman–Crippen LogP) is 3.30. The molecule has 0 aliphatic heterocycles. The van der Waals surface area contributed by atoms with E-state index >= 15 is 0 Å². The molecular formula is C12H23F3IN3. The lowest BCUT2D eigenvalue weighted by molar-refractivity contribution is -0.132. The molecule has 3 nitrogen and oxygen atoms in total. The summed E-state index contributed by atoms with van der Waals surface area (Å²) in [5.74, 6) is 0.457. The largest absolute Gasteiger partial charge is 0.390 e. The number of hydrogen-bond donors (Lipinski definition) is 2. The first kappa shape index (κ1) is 18.8. The zero-order valence-electron chi connectivity index (χ0n) is 11.4. The van der Waals surface area contributed by atoms with Crippen LogP contribution in [0.5, 0.6) is 0 Å². The fraction of sp³-hybridized carbons (Fsp3) is 0.917. The Balaban J connectivity index is 0.00000324. The van der Waals surface area contributed by atoms with Crippen LogP contribution in [0.25, 0.3) is 0 Å². The molecule has 1 fully saturated rings. The van der Waals surface area contributed by atoms with Gasteiger partial charge >= 0.3 is 6.18 Å². The summed E-state index contributed by atoms with van der Waals surface area (Å²) >= 11 is 0. The number of halogens is 4. The highest BCUT2D eigenvalue weighted by molar-refractivity contribution is 14.0. The van der Waals surface area contributed by atoms with Crippen molar-refractivity contribution in [2.24, 2.45) is 10.4 Å². The molecule has 2 N–H and O–H groups in total. The SMILES string of the molecule is CCC1(CNC(=NC)NCCC(F)(F)F)CCC1.I. The Bertz CT molecular complexity index is 283. The van der Waals surface area contributed by atoms with Crippen molar-refractivity contribution in [3.8, 4) is 0 Å². The van der Waals surface area contributed by atoms with E-state index in [1.54, 1.807) is 7.05 Å². The molecule has 0 saturated heterocycles. The van der Waals surface area contributed by atoms with Gasteiger partial charge in [-0.1, -0.05) is 13.3 Å². The van der Waals surface area contributed by atoms with E-state index in [9.17, 15) is 13.2 Å². The summed E-state index contributed by atoms with van der Waals surface area (Å²) in [5.41, 5.74) is 0.321. The Morgan fingerprint density at radius 2 is 1.89 bits per heavy atom. The Kier molecular flexibility index (Phi) is 8.07. The highest BCUT2D eigenvalue weighted by Crippen LogP contribution is 2.42. The molecule has 0 bridgehead atoms. The van der Waals surface area contributed by atoms with Gasteiger partial charge in [0.15, 0.2) is 5.96 Å². The first-order valence-corrected chi connectivity index (χ1v) is 6.42. The van der Waals surface area contributed by atoms with E-state index in [2.05, 4.69) is 22.5 Å². The van der Waals surface area contributed by atoms with E-state index in [0.29, 0.717) is 11.4 Å². The summed E-state index contributed by atoms with van der Waals surface area (Å²) in [7, 11) is 1.57. The van der Waals surface area contributed by atoms with Crippen LogP contribution in [-0.2, 0) is 0 Å². The third-order valence-corrected chi connectivity index (χ3v) is 3.72. The van der Waals surface area contributed by atoms with Crippen molar-refractivity contribution >= 4 is 29.9 Å². The van der Waals surface area contributed by atoms with Gasteiger partial charge in [0.2, 0.25) is 0 Å². The average molecular weight is 393 g/mol. The number of nitrogens with zero attached hydrogens (tertiary/aromatic N) is 1. The van der Waals surface area contributed by atoms with Gasteiger partial charge in [0.25, 0.3) is 0 Å². The van der Waals surface area contributed by atoms with Crippen LogP contribution in [0, 0.1) is 5.41 Å². The van der Waals surface area contributed by atoms with Crippen LogP contribution in [0.3, 0.4) is 0 Å². The van der Waals surface area contributed by atoms with Crippen molar-refractivity contribution in [1.29, 1.82) is 0 Å². The van der Waals surface area contributed by atoms with Gasteiger partial charge in [-0.2, -0.15) is 13.2 Å². The molecule has 0 aromatic carbocycles. The Morgan fingerprint density at radius 3 is 2.26 bits per heavy atom. The molecule has 114 valence electrons. The minimum atomic E-state index is -4.12. The predicted molar refractivity (Wildman–Crippen MR) is 82.0 cm³/mol. The van der Waals surface area contributed by atoms with Gasteiger partial charge in [-0.05, 0) is 24.7 Å². The number of nitrogens with one attached hydrogen (secondary N) is 2. The van der Waals surface area contributed by atoms with Crippen LogP contribution in [0.4, 0.5) is 13.2 Å². The second-order valence-corrected chi connectivity index (χ2v) is 4.92. The van der Waals surface area contributed by atoms with Crippen LogP contribution < -0.4 is 10.6 Å². The molecule has 0 amide bonds. The zero-order chi connectivity index (χ0) is 13.6. The van der Waals surface area contributed by atoms with Crippen molar-refractivity contribution in [2.75, 3.05) is 20.1 Å². The zero-order valence-corrected chi connectivity index (χ0v) is 13.8. The number of aliphatic imine (C=N–C) groups is 1. The van der Waals surface area contributed by atoms with Gasteiger partial charge in [0.05, 0.1) is 6.42 Å². The molecule has 1 saturated carbocycles. The second kappa shape index (κ2) is 8.16. The fourth-order valence-corrected chi connectivity index (χ4v) is 2.15. The standard InChI is InChI=1S/C12H22F3N3.HI/c1-3-11(5-4-6-11)9-18-10(16-2)17-8-7-12(13,14)15;/h3-9H2,1-2H3,(H2,16,17,18);1H. The van der Waals surface area contributed by atoms with Gasteiger partial charge in [0.1, 0.15) is 0 Å². The molecular weight excluding hydrogens is 370 g/mol. The molecule has 0 aromatic heterocycles. The molecule has 7 heteroatoms. The van der Waals surface area contributed by atoms with Crippen LogP contribution in [-0.4, -0.2) is 32.3 Å². The highest BCUT2D eigenvalue weighted by atomic mass is 127. The summed E-state index contributed by atoms with van der Waals surface area (Å²) in [6.07, 6.45) is -0.238. The van der Waals surface area contributed by atoms with Crippen molar-refractivity contribution in [2.45, 2.75) is 45.2 Å². The van der Waals surface area contributed by atoms with Crippen LogP contribution in [0.2, 0.25) is 0 Å². The molecule has 0 aromatic rings. The first-order chi connectivity index (χ1) is 8.41. The maximum Gasteiger partial charge on any atom is 0.390 e. The minimum Gasteiger partial charge on any atom is -0.356 e. The van der Waals surface area contributed by atoms with Crippen molar-refractivity contribution in [3.63, 3.8) is 0 Å². The lowest BCUT2D eigenvalue weighted by Crippen LogP contribution is -2.46. The first-order valence-electron chi connectivity index (χ1n) is 6.42. The second-order valence-electron chi connectivity index (χ2n) is 4.92. The van der Waals surface area contributed by atoms with E-state index in [4.69, 9.17) is 0 Å². The van der Waals surface area contributed by atoms with E-state index < -0.39 is 12.6 Å². The third-order valence-electron chi connectivity index (χ3n) is 3.72. The number of rotatable bonds is 5. The fourth-order valence-electron chi connectivity index (χ4n) is 2.15. The Morgan fingerprint density at radius 1 is 1.26 bits per heavy atom. The topological polar surface area (TPSA) is 36.4 Å². The molecule has 1 aliphatic carbocycles. The number of guanidine groups is 1. The molecule has 0 unspecified atom stereocenters.